The average Bonchev–Trinajstić information content (AvgIpc) is 3.48. The van der Waals surface area contributed by atoms with E-state index in [1.54, 1.807) is 36.4 Å². The van der Waals surface area contributed by atoms with Crippen LogP contribution in [0.1, 0.15) is 57.4 Å². The number of phenolic OH excluding ortho intramolecular Hbond substituents is 1. The number of hydrogen-bond acceptors (Lipinski definition) is 7. The third-order valence-corrected chi connectivity index (χ3v) is 7.00. The van der Waals surface area contributed by atoms with Gasteiger partial charge in [0.15, 0.2) is 5.69 Å². The van der Waals surface area contributed by atoms with Gasteiger partial charge in [-0.05, 0) is 66.3 Å². The quantitative estimate of drug-likeness (QED) is 0.378. The standard InChI is InChI=1S/C24H24ClN5O4S/c25-14-7-9-16(10-8-14)30(24(34)21-18(26)19(22(27)32)29-35-21)20(13-5-11-17(31)12-6-13)23(33)28-15-3-1-2-4-15/h5-12,15,20,31H,1-4,26H2,(H2,27,32)(H,28,33)/t20-/m0/s1. The first-order valence-corrected chi connectivity index (χ1v) is 12.1. The van der Waals surface area contributed by atoms with Crippen LogP contribution in [-0.2, 0) is 4.79 Å². The third kappa shape index (κ3) is 5.23. The highest BCUT2D eigenvalue weighted by atomic mass is 35.5. The number of anilines is 2. The van der Waals surface area contributed by atoms with Gasteiger partial charge in [0.25, 0.3) is 11.8 Å². The Morgan fingerprint density at radius 2 is 1.71 bits per heavy atom. The number of carbonyl (C=O) groups is 3. The van der Waals surface area contributed by atoms with E-state index in [4.69, 9.17) is 23.1 Å². The summed E-state index contributed by atoms with van der Waals surface area (Å²) in [6, 6.07) is 11.4. The van der Waals surface area contributed by atoms with Crippen molar-refractivity contribution in [2.24, 2.45) is 5.73 Å². The summed E-state index contributed by atoms with van der Waals surface area (Å²) in [5.41, 5.74) is 11.9. The van der Waals surface area contributed by atoms with Crippen LogP contribution in [0.4, 0.5) is 11.4 Å². The number of nitrogen functional groups attached to an aromatic ring is 1. The molecule has 6 N–H and O–H groups in total. The predicted molar refractivity (Wildman–Crippen MR) is 135 cm³/mol. The van der Waals surface area contributed by atoms with Crippen LogP contribution >= 0.6 is 23.1 Å². The fourth-order valence-corrected chi connectivity index (χ4v) is 5.02. The van der Waals surface area contributed by atoms with Gasteiger partial charge in [-0.25, -0.2) is 0 Å². The van der Waals surface area contributed by atoms with Gasteiger partial charge in [-0.15, -0.1) is 0 Å². The molecular weight excluding hydrogens is 490 g/mol. The molecule has 3 aromatic rings. The minimum absolute atomic E-state index is 0.000719. The van der Waals surface area contributed by atoms with Crippen LogP contribution in [0.2, 0.25) is 5.02 Å². The first kappa shape index (κ1) is 24.5. The van der Waals surface area contributed by atoms with Gasteiger partial charge in [-0.1, -0.05) is 36.6 Å². The Kier molecular flexibility index (Phi) is 7.23. The number of aromatic hydroxyl groups is 1. The zero-order valence-electron chi connectivity index (χ0n) is 18.6. The molecule has 1 aliphatic carbocycles. The number of rotatable bonds is 7. The molecule has 1 fully saturated rings. The van der Waals surface area contributed by atoms with Crippen LogP contribution in [-0.4, -0.2) is 33.2 Å². The van der Waals surface area contributed by atoms with Gasteiger partial charge >= 0.3 is 0 Å². The second-order valence-corrected chi connectivity index (χ2v) is 9.48. The van der Waals surface area contributed by atoms with Crippen molar-refractivity contribution in [3.63, 3.8) is 0 Å². The Bertz CT molecular complexity index is 1240. The van der Waals surface area contributed by atoms with Crippen molar-refractivity contribution in [3.8, 4) is 5.75 Å². The van der Waals surface area contributed by atoms with E-state index in [9.17, 15) is 19.5 Å². The van der Waals surface area contributed by atoms with Crippen molar-refractivity contribution in [3.05, 3.63) is 69.7 Å². The molecule has 9 nitrogen and oxygen atoms in total. The Morgan fingerprint density at radius 3 is 2.29 bits per heavy atom. The fourth-order valence-electron chi connectivity index (χ4n) is 4.15. The highest BCUT2D eigenvalue weighted by Gasteiger charge is 2.37. The number of phenols is 1. The number of carbonyl (C=O) groups excluding carboxylic acids is 3. The van der Waals surface area contributed by atoms with Gasteiger partial charge in [0.2, 0.25) is 5.91 Å². The highest BCUT2D eigenvalue weighted by molar-refractivity contribution is 7.09. The van der Waals surface area contributed by atoms with Crippen molar-refractivity contribution < 1.29 is 19.5 Å². The van der Waals surface area contributed by atoms with E-state index in [-0.39, 0.29) is 34.0 Å². The maximum atomic E-state index is 13.9. The molecule has 2 aromatic carbocycles. The predicted octanol–water partition coefficient (Wildman–Crippen LogP) is 3.63. The summed E-state index contributed by atoms with van der Waals surface area (Å²) in [4.78, 5) is 40.6. The maximum Gasteiger partial charge on any atom is 0.273 e. The molecule has 0 radical (unpaired) electrons. The van der Waals surface area contributed by atoms with Crippen LogP contribution in [0.15, 0.2) is 48.5 Å². The number of nitrogens with two attached hydrogens (primary N) is 2. The minimum Gasteiger partial charge on any atom is -0.508 e. The number of amides is 3. The highest BCUT2D eigenvalue weighted by Crippen LogP contribution is 2.34. The lowest BCUT2D eigenvalue weighted by molar-refractivity contribution is -0.123. The molecule has 182 valence electrons. The molecule has 1 aliphatic rings. The Morgan fingerprint density at radius 1 is 1.09 bits per heavy atom. The number of nitrogens with zero attached hydrogens (tertiary/aromatic N) is 2. The first-order chi connectivity index (χ1) is 16.8. The van der Waals surface area contributed by atoms with E-state index < -0.39 is 17.9 Å². The van der Waals surface area contributed by atoms with Gasteiger partial charge in [-0.3, -0.25) is 19.3 Å². The van der Waals surface area contributed by atoms with E-state index in [0.29, 0.717) is 16.3 Å². The van der Waals surface area contributed by atoms with Crippen molar-refractivity contribution >= 4 is 52.2 Å². The maximum absolute atomic E-state index is 13.9. The Labute approximate surface area is 210 Å². The van der Waals surface area contributed by atoms with Gasteiger partial charge in [0, 0.05) is 16.8 Å². The van der Waals surface area contributed by atoms with Crippen LogP contribution in [0.25, 0.3) is 0 Å². The number of halogens is 1. The summed E-state index contributed by atoms with van der Waals surface area (Å²) in [7, 11) is 0. The molecule has 35 heavy (non-hydrogen) atoms. The normalized spacial score (nSPS) is 14.4. The van der Waals surface area contributed by atoms with Crippen LogP contribution in [0.5, 0.6) is 5.75 Å². The fraction of sp³-hybridized carbons (Fsp3) is 0.250. The SMILES string of the molecule is NC(=O)c1nsc(C(=O)N(c2ccc(Cl)cc2)[C@H](C(=O)NC2CCCC2)c2ccc(O)cc2)c1N. The molecule has 1 heterocycles. The second kappa shape index (κ2) is 10.3. The van der Waals surface area contributed by atoms with E-state index >= 15 is 0 Å². The van der Waals surface area contributed by atoms with Crippen molar-refractivity contribution in [1.29, 1.82) is 0 Å². The van der Waals surface area contributed by atoms with Gasteiger partial charge in [0.1, 0.15) is 16.7 Å². The summed E-state index contributed by atoms with van der Waals surface area (Å²) in [6.45, 7) is 0. The molecule has 1 aromatic heterocycles. The molecule has 11 heteroatoms. The lowest BCUT2D eigenvalue weighted by Gasteiger charge is -2.32. The molecule has 0 unspecified atom stereocenters. The van der Waals surface area contributed by atoms with Gasteiger partial charge in [-0.2, -0.15) is 4.37 Å². The third-order valence-electron chi connectivity index (χ3n) is 5.90. The smallest absolute Gasteiger partial charge is 0.273 e. The lowest BCUT2D eigenvalue weighted by atomic mass is 10.0. The molecule has 0 aliphatic heterocycles. The first-order valence-electron chi connectivity index (χ1n) is 11.0. The van der Waals surface area contributed by atoms with E-state index in [0.717, 1.165) is 37.2 Å². The largest absolute Gasteiger partial charge is 0.508 e. The van der Waals surface area contributed by atoms with Crippen molar-refractivity contribution in [2.75, 3.05) is 10.6 Å². The van der Waals surface area contributed by atoms with Crippen LogP contribution in [0.3, 0.4) is 0 Å². The van der Waals surface area contributed by atoms with Crippen molar-refractivity contribution in [2.45, 2.75) is 37.8 Å². The van der Waals surface area contributed by atoms with Crippen LogP contribution < -0.4 is 21.7 Å². The monoisotopic (exact) mass is 513 g/mol. The van der Waals surface area contributed by atoms with E-state index in [1.807, 2.05) is 0 Å². The molecule has 1 saturated carbocycles. The molecule has 0 bridgehead atoms. The summed E-state index contributed by atoms with van der Waals surface area (Å²) in [6.07, 6.45) is 3.74. The summed E-state index contributed by atoms with van der Waals surface area (Å²) in [5, 5.41) is 13.3. The molecule has 0 saturated heterocycles. The Balaban J connectivity index is 1.84. The minimum atomic E-state index is -1.11. The molecule has 0 spiro atoms. The number of primary amides is 1. The number of hydrogen-bond donors (Lipinski definition) is 4. The number of benzene rings is 2. The van der Waals surface area contributed by atoms with Gasteiger partial charge < -0.3 is 21.9 Å². The van der Waals surface area contributed by atoms with Gasteiger partial charge in [0.05, 0.1) is 5.69 Å². The molecule has 1 atom stereocenters. The lowest BCUT2D eigenvalue weighted by Crippen LogP contribution is -2.46. The molecule has 3 amide bonds. The zero-order chi connectivity index (χ0) is 25.1. The second-order valence-electron chi connectivity index (χ2n) is 8.27. The van der Waals surface area contributed by atoms with Crippen LogP contribution in [0, 0.1) is 0 Å². The van der Waals surface area contributed by atoms with E-state index in [1.165, 1.54) is 17.0 Å². The number of nitrogens with one attached hydrogen (secondary N) is 1. The average molecular weight is 514 g/mol. The molecular formula is C24H24ClN5O4S. The zero-order valence-corrected chi connectivity index (χ0v) is 20.2. The summed E-state index contributed by atoms with van der Waals surface area (Å²) >= 11 is 6.81. The summed E-state index contributed by atoms with van der Waals surface area (Å²) < 4.78 is 3.94. The summed E-state index contributed by atoms with van der Waals surface area (Å²) in [5.74, 6) is -1.85. The topological polar surface area (TPSA) is 152 Å². The van der Waals surface area contributed by atoms with Crippen molar-refractivity contribution in [1.82, 2.24) is 9.69 Å². The Hall–Kier alpha value is -3.63. The molecule has 4 rings (SSSR count). The van der Waals surface area contributed by atoms with E-state index in [2.05, 4.69) is 9.69 Å². The number of aromatic nitrogens is 1.